The van der Waals surface area contributed by atoms with Crippen LogP contribution in [-0.2, 0) is 7.05 Å². The van der Waals surface area contributed by atoms with Gasteiger partial charge in [0.1, 0.15) is 0 Å². The van der Waals surface area contributed by atoms with Crippen molar-refractivity contribution in [3.63, 3.8) is 0 Å². The van der Waals surface area contributed by atoms with Gasteiger partial charge in [-0.1, -0.05) is 15.9 Å². The summed E-state index contributed by atoms with van der Waals surface area (Å²) in [4.78, 5) is 14.5. The highest BCUT2D eigenvalue weighted by atomic mass is 79.9. The fourth-order valence-electron chi connectivity index (χ4n) is 2.83. The first-order chi connectivity index (χ1) is 10.0. The van der Waals surface area contributed by atoms with Crippen molar-refractivity contribution in [3.05, 3.63) is 51.8 Å². The molecule has 0 unspecified atom stereocenters. The van der Waals surface area contributed by atoms with Gasteiger partial charge in [0.2, 0.25) is 0 Å². The lowest BCUT2D eigenvalue weighted by Crippen LogP contribution is -2.28. The van der Waals surface area contributed by atoms with E-state index >= 15 is 0 Å². The molecule has 0 spiro atoms. The predicted molar refractivity (Wildman–Crippen MR) is 85.3 cm³/mol. The number of carbonyl (C=O) groups is 1. The minimum atomic E-state index is 0.122. The van der Waals surface area contributed by atoms with Gasteiger partial charge in [-0.15, -0.1) is 0 Å². The zero-order chi connectivity index (χ0) is 15.0. The summed E-state index contributed by atoms with van der Waals surface area (Å²) in [5.74, 6) is 0.524. The smallest absolute Gasteiger partial charge is 0.253 e. The molecular formula is C16H18BrN3O. The fraction of sp³-hybridized carbons (Fsp3) is 0.375. The van der Waals surface area contributed by atoms with Gasteiger partial charge in [0.05, 0.1) is 6.20 Å². The number of rotatable bonds is 2. The van der Waals surface area contributed by atoms with E-state index in [-0.39, 0.29) is 5.91 Å². The molecule has 0 aliphatic carbocycles. The minimum Gasteiger partial charge on any atom is -0.338 e. The SMILES string of the molecule is Cc1cc(C(=O)N2CC[C@@H](c3cnn(C)c3)C2)ccc1Br. The van der Waals surface area contributed by atoms with Crippen molar-refractivity contribution in [2.75, 3.05) is 13.1 Å². The molecule has 2 aromatic rings. The van der Waals surface area contributed by atoms with Crippen molar-refractivity contribution in [1.82, 2.24) is 14.7 Å². The third-order valence-electron chi connectivity index (χ3n) is 4.08. The summed E-state index contributed by atoms with van der Waals surface area (Å²) < 4.78 is 2.85. The van der Waals surface area contributed by atoms with Crippen LogP contribution in [0.1, 0.15) is 33.8 Å². The summed E-state index contributed by atoms with van der Waals surface area (Å²) in [5, 5.41) is 4.22. The van der Waals surface area contributed by atoms with Crippen LogP contribution in [0.2, 0.25) is 0 Å². The van der Waals surface area contributed by atoms with Crippen LogP contribution in [0.15, 0.2) is 35.1 Å². The van der Waals surface area contributed by atoms with E-state index < -0.39 is 0 Å². The van der Waals surface area contributed by atoms with Gasteiger partial charge in [-0.25, -0.2) is 0 Å². The first-order valence-electron chi connectivity index (χ1n) is 7.08. The van der Waals surface area contributed by atoms with Gasteiger partial charge in [0.25, 0.3) is 5.91 Å². The molecule has 1 atom stereocenters. The molecule has 1 aromatic carbocycles. The third-order valence-corrected chi connectivity index (χ3v) is 4.97. The number of likely N-dealkylation sites (tertiary alicyclic amines) is 1. The summed E-state index contributed by atoms with van der Waals surface area (Å²) in [5.41, 5.74) is 3.08. The maximum absolute atomic E-state index is 12.6. The topological polar surface area (TPSA) is 38.1 Å². The summed E-state index contributed by atoms with van der Waals surface area (Å²) in [6.45, 7) is 3.59. The largest absolute Gasteiger partial charge is 0.338 e. The molecule has 3 rings (SSSR count). The van der Waals surface area contributed by atoms with Crippen molar-refractivity contribution in [3.8, 4) is 0 Å². The van der Waals surface area contributed by atoms with E-state index in [1.807, 2.05) is 54.1 Å². The highest BCUT2D eigenvalue weighted by molar-refractivity contribution is 9.10. The molecule has 110 valence electrons. The van der Waals surface area contributed by atoms with Crippen molar-refractivity contribution in [1.29, 1.82) is 0 Å². The van der Waals surface area contributed by atoms with Crippen LogP contribution in [0.4, 0.5) is 0 Å². The highest BCUT2D eigenvalue weighted by Gasteiger charge is 2.28. The molecule has 1 aliphatic heterocycles. The number of hydrogen-bond donors (Lipinski definition) is 0. The second-order valence-electron chi connectivity index (χ2n) is 5.65. The Morgan fingerprint density at radius 1 is 1.43 bits per heavy atom. The number of aromatic nitrogens is 2. The molecule has 1 fully saturated rings. The Hall–Kier alpha value is -1.62. The number of amides is 1. The normalized spacial score (nSPS) is 18.2. The van der Waals surface area contributed by atoms with Crippen molar-refractivity contribution in [2.24, 2.45) is 7.05 Å². The van der Waals surface area contributed by atoms with E-state index in [4.69, 9.17) is 0 Å². The van der Waals surface area contributed by atoms with E-state index in [0.717, 1.165) is 35.1 Å². The lowest BCUT2D eigenvalue weighted by molar-refractivity contribution is 0.0790. The van der Waals surface area contributed by atoms with Gasteiger partial charge in [0.15, 0.2) is 0 Å². The summed E-state index contributed by atoms with van der Waals surface area (Å²) in [6, 6.07) is 5.78. The average molecular weight is 348 g/mol. The number of carbonyl (C=O) groups excluding carboxylic acids is 1. The Labute approximate surface area is 132 Å². The van der Waals surface area contributed by atoms with Gasteiger partial charge in [-0.05, 0) is 42.7 Å². The summed E-state index contributed by atoms with van der Waals surface area (Å²) in [6.07, 6.45) is 4.96. The van der Waals surface area contributed by atoms with E-state index in [9.17, 15) is 4.79 Å². The second-order valence-corrected chi connectivity index (χ2v) is 6.50. The van der Waals surface area contributed by atoms with E-state index in [2.05, 4.69) is 21.0 Å². The Balaban J connectivity index is 1.73. The monoisotopic (exact) mass is 347 g/mol. The molecule has 1 amide bonds. The molecule has 2 heterocycles. The zero-order valence-corrected chi connectivity index (χ0v) is 13.8. The number of hydrogen-bond acceptors (Lipinski definition) is 2. The van der Waals surface area contributed by atoms with Crippen molar-refractivity contribution >= 4 is 21.8 Å². The standard InChI is InChI=1S/C16H18BrN3O/c1-11-7-12(3-4-15(11)17)16(21)20-6-5-13(10-20)14-8-18-19(2)9-14/h3-4,7-9,13H,5-6,10H2,1-2H3/t13-/m1/s1. The van der Waals surface area contributed by atoms with Gasteiger partial charge in [-0.2, -0.15) is 5.10 Å². The van der Waals surface area contributed by atoms with Gasteiger partial charge >= 0.3 is 0 Å². The van der Waals surface area contributed by atoms with Crippen LogP contribution in [-0.4, -0.2) is 33.7 Å². The summed E-state index contributed by atoms with van der Waals surface area (Å²) in [7, 11) is 1.92. The van der Waals surface area contributed by atoms with Gasteiger partial charge in [-0.3, -0.25) is 9.48 Å². The second kappa shape index (κ2) is 5.64. The maximum Gasteiger partial charge on any atom is 0.253 e. The Kier molecular flexibility index (Phi) is 3.85. The Bertz CT molecular complexity index is 680. The van der Waals surface area contributed by atoms with E-state index in [1.54, 1.807) is 0 Å². The molecule has 0 radical (unpaired) electrons. The number of nitrogens with zero attached hydrogens (tertiary/aromatic N) is 3. The van der Waals surface area contributed by atoms with E-state index in [0.29, 0.717) is 5.92 Å². The number of benzene rings is 1. The highest BCUT2D eigenvalue weighted by Crippen LogP contribution is 2.28. The number of halogens is 1. The minimum absolute atomic E-state index is 0.122. The molecule has 0 bridgehead atoms. The van der Waals surface area contributed by atoms with Crippen LogP contribution < -0.4 is 0 Å². The fourth-order valence-corrected chi connectivity index (χ4v) is 3.07. The molecule has 1 saturated heterocycles. The first kappa shape index (κ1) is 14.3. The van der Waals surface area contributed by atoms with E-state index in [1.165, 1.54) is 5.56 Å². The van der Waals surface area contributed by atoms with Crippen molar-refractivity contribution in [2.45, 2.75) is 19.3 Å². The average Bonchev–Trinajstić information content (AvgIpc) is 3.09. The van der Waals surface area contributed by atoms with Crippen LogP contribution in [0.5, 0.6) is 0 Å². The van der Waals surface area contributed by atoms with Crippen LogP contribution in [0.25, 0.3) is 0 Å². The quantitative estimate of drug-likeness (QED) is 0.836. The summed E-state index contributed by atoms with van der Waals surface area (Å²) >= 11 is 3.47. The molecule has 5 heteroatoms. The number of aryl methyl sites for hydroxylation is 2. The molecule has 0 N–H and O–H groups in total. The molecule has 4 nitrogen and oxygen atoms in total. The van der Waals surface area contributed by atoms with Crippen molar-refractivity contribution < 1.29 is 4.79 Å². The lowest BCUT2D eigenvalue weighted by Gasteiger charge is -2.17. The lowest BCUT2D eigenvalue weighted by atomic mass is 10.0. The predicted octanol–water partition coefficient (Wildman–Crippen LogP) is 3.12. The maximum atomic E-state index is 12.6. The third kappa shape index (κ3) is 2.88. The molecule has 21 heavy (non-hydrogen) atoms. The van der Waals surface area contributed by atoms with Crippen LogP contribution >= 0.6 is 15.9 Å². The molecule has 1 aliphatic rings. The molecular weight excluding hydrogens is 330 g/mol. The van der Waals surface area contributed by atoms with Gasteiger partial charge in [0, 0.05) is 42.3 Å². The van der Waals surface area contributed by atoms with Crippen LogP contribution in [0, 0.1) is 6.92 Å². The first-order valence-corrected chi connectivity index (χ1v) is 7.88. The van der Waals surface area contributed by atoms with Gasteiger partial charge < -0.3 is 4.90 Å². The Morgan fingerprint density at radius 3 is 2.90 bits per heavy atom. The van der Waals surface area contributed by atoms with Crippen LogP contribution in [0.3, 0.4) is 0 Å². The molecule has 1 aromatic heterocycles. The zero-order valence-electron chi connectivity index (χ0n) is 12.2. The molecule has 0 saturated carbocycles. The Morgan fingerprint density at radius 2 is 2.24 bits per heavy atom.